The average molecular weight is 360 g/mol. The number of carbonyl (C=O) groups excluding carboxylic acids is 1. The van der Waals surface area contributed by atoms with Crippen LogP contribution in [0.3, 0.4) is 0 Å². The molecule has 0 unspecified atom stereocenters. The van der Waals surface area contributed by atoms with Crippen molar-refractivity contribution in [1.82, 2.24) is 5.32 Å². The number of carbonyl (C=O) groups is 1. The predicted molar refractivity (Wildman–Crippen MR) is 99.8 cm³/mol. The van der Waals surface area contributed by atoms with E-state index in [0.717, 1.165) is 5.56 Å². The monoisotopic (exact) mass is 360 g/mol. The van der Waals surface area contributed by atoms with Gasteiger partial charge in [-0.15, -0.1) is 0 Å². The Hall–Kier alpha value is -3.09. The molecule has 2 amide bonds. The SMILES string of the molecule is COc1ccc(CCNC(=O)Nc2c(OC)cccc2OC)cc1OC. The van der Waals surface area contributed by atoms with E-state index in [0.29, 0.717) is 41.7 Å². The lowest BCUT2D eigenvalue weighted by molar-refractivity contribution is 0.252. The second-order valence-corrected chi connectivity index (χ2v) is 5.36. The van der Waals surface area contributed by atoms with E-state index >= 15 is 0 Å². The highest BCUT2D eigenvalue weighted by molar-refractivity contribution is 5.93. The summed E-state index contributed by atoms with van der Waals surface area (Å²) >= 11 is 0. The molecule has 2 N–H and O–H groups in total. The molecule has 0 aliphatic carbocycles. The van der Waals surface area contributed by atoms with E-state index in [9.17, 15) is 4.79 Å². The summed E-state index contributed by atoms with van der Waals surface area (Å²) in [5.74, 6) is 2.39. The topological polar surface area (TPSA) is 78.1 Å². The van der Waals surface area contributed by atoms with Gasteiger partial charge < -0.3 is 29.6 Å². The standard InChI is InChI=1S/C19H24N2O5/c1-23-14-9-8-13(12-17(14)26-4)10-11-20-19(22)21-18-15(24-2)6-5-7-16(18)25-3/h5-9,12H,10-11H2,1-4H3,(H2,20,21,22). The minimum absolute atomic E-state index is 0.340. The van der Waals surface area contributed by atoms with Crippen molar-refractivity contribution in [2.75, 3.05) is 40.3 Å². The summed E-state index contributed by atoms with van der Waals surface area (Å²) in [5.41, 5.74) is 1.51. The molecule has 7 heteroatoms. The lowest BCUT2D eigenvalue weighted by Crippen LogP contribution is -2.30. The molecule has 0 fully saturated rings. The Morgan fingerprint density at radius 2 is 1.46 bits per heavy atom. The Labute approximate surface area is 153 Å². The number of hydrogen-bond donors (Lipinski definition) is 2. The number of rotatable bonds is 8. The number of benzene rings is 2. The Morgan fingerprint density at radius 3 is 2.04 bits per heavy atom. The van der Waals surface area contributed by atoms with Gasteiger partial charge in [-0.3, -0.25) is 0 Å². The molecule has 0 saturated heterocycles. The zero-order valence-corrected chi connectivity index (χ0v) is 15.4. The first-order valence-corrected chi connectivity index (χ1v) is 8.09. The maximum atomic E-state index is 12.2. The van der Waals surface area contributed by atoms with Crippen LogP contribution in [0.2, 0.25) is 0 Å². The van der Waals surface area contributed by atoms with Crippen molar-refractivity contribution in [2.45, 2.75) is 6.42 Å². The van der Waals surface area contributed by atoms with Crippen LogP contribution in [0.25, 0.3) is 0 Å². The Kier molecular flexibility index (Phi) is 6.96. The number of para-hydroxylation sites is 1. The lowest BCUT2D eigenvalue weighted by atomic mass is 10.1. The molecule has 2 aromatic rings. The van der Waals surface area contributed by atoms with Gasteiger partial charge in [0.15, 0.2) is 11.5 Å². The molecule has 0 bridgehead atoms. The molecule has 0 radical (unpaired) electrons. The van der Waals surface area contributed by atoms with Gasteiger partial charge in [0.2, 0.25) is 0 Å². The molecule has 0 atom stereocenters. The van der Waals surface area contributed by atoms with Crippen molar-refractivity contribution in [3.05, 3.63) is 42.0 Å². The van der Waals surface area contributed by atoms with E-state index in [1.54, 1.807) is 32.4 Å². The van der Waals surface area contributed by atoms with Crippen LogP contribution in [0.15, 0.2) is 36.4 Å². The molecule has 0 aromatic heterocycles. The van der Waals surface area contributed by atoms with Gasteiger partial charge >= 0.3 is 6.03 Å². The Balaban J connectivity index is 1.94. The molecule has 2 aromatic carbocycles. The highest BCUT2D eigenvalue weighted by Gasteiger charge is 2.13. The summed E-state index contributed by atoms with van der Waals surface area (Å²) in [5, 5.41) is 5.58. The Morgan fingerprint density at radius 1 is 0.846 bits per heavy atom. The fourth-order valence-electron chi connectivity index (χ4n) is 2.49. The summed E-state index contributed by atoms with van der Waals surface area (Å²) in [7, 11) is 6.26. The first-order chi connectivity index (χ1) is 12.6. The number of methoxy groups -OCH3 is 4. The molecule has 140 valence electrons. The average Bonchev–Trinajstić information content (AvgIpc) is 2.67. The number of ether oxygens (including phenoxy) is 4. The smallest absolute Gasteiger partial charge is 0.319 e. The maximum absolute atomic E-state index is 12.2. The molecule has 0 aliphatic rings. The van der Waals surface area contributed by atoms with Crippen LogP contribution >= 0.6 is 0 Å². The van der Waals surface area contributed by atoms with Crippen LogP contribution in [0.5, 0.6) is 23.0 Å². The molecule has 0 heterocycles. The van der Waals surface area contributed by atoms with Crippen molar-refractivity contribution in [3.63, 3.8) is 0 Å². The second kappa shape index (κ2) is 9.41. The number of urea groups is 1. The third kappa shape index (κ3) is 4.72. The lowest BCUT2D eigenvalue weighted by Gasteiger charge is -2.14. The van der Waals surface area contributed by atoms with Crippen LogP contribution in [0, 0.1) is 0 Å². The zero-order chi connectivity index (χ0) is 18.9. The van der Waals surface area contributed by atoms with E-state index in [1.165, 1.54) is 14.2 Å². The highest BCUT2D eigenvalue weighted by atomic mass is 16.5. The number of nitrogens with one attached hydrogen (secondary N) is 2. The highest BCUT2D eigenvalue weighted by Crippen LogP contribution is 2.34. The second-order valence-electron chi connectivity index (χ2n) is 5.36. The largest absolute Gasteiger partial charge is 0.494 e. The molecular weight excluding hydrogens is 336 g/mol. The van der Waals surface area contributed by atoms with E-state index in [-0.39, 0.29) is 6.03 Å². The summed E-state index contributed by atoms with van der Waals surface area (Å²) in [4.78, 5) is 12.2. The molecule has 0 aliphatic heterocycles. The first-order valence-electron chi connectivity index (χ1n) is 8.09. The molecular formula is C19H24N2O5. The fraction of sp³-hybridized carbons (Fsp3) is 0.316. The summed E-state index contributed by atoms with van der Waals surface area (Å²) in [6.45, 7) is 0.457. The third-order valence-corrected chi connectivity index (χ3v) is 3.81. The predicted octanol–water partition coefficient (Wildman–Crippen LogP) is 3.09. The van der Waals surface area contributed by atoms with Gasteiger partial charge in [-0.1, -0.05) is 12.1 Å². The summed E-state index contributed by atoms with van der Waals surface area (Å²) in [6, 6.07) is 10.6. The van der Waals surface area contributed by atoms with Gasteiger partial charge in [-0.25, -0.2) is 4.79 Å². The quantitative estimate of drug-likeness (QED) is 0.756. The Bertz CT molecular complexity index is 726. The van der Waals surface area contributed by atoms with E-state index in [2.05, 4.69) is 10.6 Å². The van der Waals surface area contributed by atoms with Crippen LogP contribution in [0.1, 0.15) is 5.56 Å². The van der Waals surface area contributed by atoms with Crippen LogP contribution < -0.4 is 29.6 Å². The number of amides is 2. The normalized spacial score (nSPS) is 10.0. The zero-order valence-electron chi connectivity index (χ0n) is 15.4. The van der Waals surface area contributed by atoms with E-state index in [4.69, 9.17) is 18.9 Å². The number of anilines is 1. The van der Waals surface area contributed by atoms with Gasteiger partial charge in [0.05, 0.1) is 28.4 Å². The molecule has 0 spiro atoms. The third-order valence-electron chi connectivity index (χ3n) is 3.81. The molecule has 0 saturated carbocycles. The van der Waals surface area contributed by atoms with Gasteiger partial charge in [0.1, 0.15) is 17.2 Å². The molecule has 26 heavy (non-hydrogen) atoms. The van der Waals surface area contributed by atoms with E-state index < -0.39 is 0 Å². The van der Waals surface area contributed by atoms with Crippen LogP contribution in [-0.2, 0) is 6.42 Å². The van der Waals surface area contributed by atoms with Crippen molar-refractivity contribution < 1.29 is 23.7 Å². The van der Waals surface area contributed by atoms with Gasteiger partial charge in [-0.05, 0) is 36.2 Å². The van der Waals surface area contributed by atoms with Gasteiger partial charge in [0.25, 0.3) is 0 Å². The number of hydrogen-bond acceptors (Lipinski definition) is 5. The summed E-state index contributed by atoms with van der Waals surface area (Å²) in [6.07, 6.45) is 0.650. The van der Waals surface area contributed by atoms with Crippen LogP contribution in [0.4, 0.5) is 10.5 Å². The van der Waals surface area contributed by atoms with E-state index in [1.807, 2.05) is 18.2 Å². The summed E-state index contributed by atoms with van der Waals surface area (Å²) < 4.78 is 21.0. The fourth-order valence-corrected chi connectivity index (χ4v) is 2.49. The first kappa shape index (κ1) is 19.2. The minimum Gasteiger partial charge on any atom is -0.494 e. The minimum atomic E-state index is -0.340. The molecule has 7 nitrogen and oxygen atoms in total. The van der Waals surface area contributed by atoms with Crippen molar-refractivity contribution in [1.29, 1.82) is 0 Å². The van der Waals surface area contributed by atoms with Crippen molar-refractivity contribution in [2.24, 2.45) is 0 Å². The maximum Gasteiger partial charge on any atom is 0.319 e. The van der Waals surface area contributed by atoms with Crippen molar-refractivity contribution in [3.8, 4) is 23.0 Å². The van der Waals surface area contributed by atoms with Gasteiger partial charge in [0, 0.05) is 6.54 Å². The van der Waals surface area contributed by atoms with Gasteiger partial charge in [-0.2, -0.15) is 0 Å². The van der Waals surface area contributed by atoms with Crippen LogP contribution in [-0.4, -0.2) is 41.0 Å². The molecule has 2 rings (SSSR count). The van der Waals surface area contributed by atoms with Crippen molar-refractivity contribution >= 4 is 11.7 Å².